The molecule has 0 saturated carbocycles. The molecule has 32 heavy (non-hydrogen) atoms. The second-order valence-electron chi connectivity index (χ2n) is 7.80. The van der Waals surface area contributed by atoms with Crippen molar-refractivity contribution < 1.29 is 0 Å². The van der Waals surface area contributed by atoms with E-state index in [0.29, 0.717) is 0 Å². The van der Waals surface area contributed by atoms with Gasteiger partial charge in [-0.05, 0) is 61.7 Å². The molecule has 0 spiro atoms. The van der Waals surface area contributed by atoms with Crippen molar-refractivity contribution in [2.45, 2.75) is 20.8 Å². The Balaban J connectivity index is 1.65. The van der Waals surface area contributed by atoms with Gasteiger partial charge in [0.1, 0.15) is 11.2 Å². The first-order valence-corrected chi connectivity index (χ1v) is 10.5. The summed E-state index contributed by atoms with van der Waals surface area (Å²) in [5.41, 5.74) is 9.00. The number of nitrogens with zero attached hydrogens (tertiary/aromatic N) is 4. The summed E-state index contributed by atoms with van der Waals surface area (Å²) >= 11 is 0. The monoisotopic (exact) mass is 420 g/mol. The van der Waals surface area contributed by atoms with E-state index in [1.165, 1.54) is 5.57 Å². The number of aromatic nitrogens is 6. The quantitative estimate of drug-likeness (QED) is 0.336. The van der Waals surface area contributed by atoms with Crippen LogP contribution in [0.2, 0.25) is 0 Å². The van der Waals surface area contributed by atoms with Gasteiger partial charge in [0.15, 0.2) is 5.82 Å². The third-order valence-electron chi connectivity index (χ3n) is 5.66. The zero-order valence-corrected chi connectivity index (χ0v) is 18.3. The summed E-state index contributed by atoms with van der Waals surface area (Å²) in [6.07, 6.45) is 9.77. The largest absolute Gasteiger partial charge is 0.336 e. The molecule has 6 heteroatoms. The fourth-order valence-electron chi connectivity index (χ4n) is 4.14. The number of allylic oxidation sites excluding steroid dienone is 5. The molecule has 0 aliphatic heterocycles. The Bertz CT molecular complexity index is 1520. The Morgan fingerprint density at radius 2 is 2.03 bits per heavy atom. The summed E-state index contributed by atoms with van der Waals surface area (Å²) in [6.45, 7) is 9.94. The van der Waals surface area contributed by atoms with Gasteiger partial charge in [-0.15, -0.1) is 0 Å². The van der Waals surface area contributed by atoms with Crippen molar-refractivity contribution in [1.29, 1.82) is 0 Å². The maximum atomic E-state index is 4.92. The van der Waals surface area contributed by atoms with Gasteiger partial charge < -0.3 is 9.55 Å². The average molecular weight is 421 g/mol. The first-order valence-electron chi connectivity index (χ1n) is 10.5. The minimum Gasteiger partial charge on any atom is -0.336 e. The van der Waals surface area contributed by atoms with Gasteiger partial charge in [0, 0.05) is 11.6 Å². The number of aromatic amines is 2. The minimum atomic E-state index is 0.730. The fourth-order valence-corrected chi connectivity index (χ4v) is 4.14. The molecule has 5 aromatic rings. The lowest BCUT2D eigenvalue weighted by Crippen LogP contribution is -1.91. The Hall–Kier alpha value is -4.19. The van der Waals surface area contributed by atoms with Crippen molar-refractivity contribution >= 4 is 27.5 Å². The molecule has 0 amide bonds. The molecule has 0 aliphatic rings. The Morgan fingerprint density at radius 1 is 1.16 bits per heavy atom. The van der Waals surface area contributed by atoms with Gasteiger partial charge >= 0.3 is 0 Å². The van der Waals surface area contributed by atoms with Gasteiger partial charge in [-0.3, -0.25) is 5.10 Å². The van der Waals surface area contributed by atoms with E-state index in [1.54, 1.807) is 0 Å². The van der Waals surface area contributed by atoms with E-state index in [1.807, 2.05) is 54.4 Å². The van der Waals surface area contributed by atoms with Gasteiger partial charge in [0.05, 0.1) is 28.7 Å². The molecule has 0 atom stereocenters. The number of hydrogen-bond acceptors (Lipinski definition) is 3. The van der Waals surface area contributed by atoms with Crippen molar-refractivity contribution in [1.82, 2.24) is 29.7 Å². The summed E-state index contributed by atoms with van der Waals surface area (Å²) in [6, 6.07) is 12.4. The number of imidazole rings is 2. The smallest absolute Gasteiger partial charge is 0.159 e. The van der Waals surface area contributed by atoms with Crippen LogP contribution >= 0.6 is 0 Å². The summed E-state index contributed by atoms with van der Waals surface area (Å²) in [5.74, 6) is 0.730. The normalized spacial score (nSPS) is 12.7. The highest BCUT2D eigenvalue weighted by Crippen LogP contribution is 2.32. The Morgan fingerprint density at radius 3 is 2.78 bits per heavy atom. The predicted molar refractivity (Wildman–Crippen MR) is 131 cm³/mol. The Labute approximate surface area is 186 Å². The molecular formula is C26H24N6. The molecule has 2 aromatic carbocycles. The van der Waals surface area contributed by atoms with E-state index in [9.17, 15) is 0 Å². The highest BCUT2D eigenvalue weighted by atomic mass is 15.1. The summed E-state index contributed by atoms with van der Waals surface area (Å²) in [5, 5.41) is 8.75. The third-order valence-corrected chi connectivity index (χ3v) is 5.66. The van der Waals surface area contributed by atoms with Crippen molar-refractivity contribution in [2.24, 2.45) is 0 Å². The van der Waals surface area contributed by atoms with Crippen LogP contribution < -0.4 is 0 Å². The maximum Gasteiger partial charge on any atom is 0.159 e. The number of benzene rings is 2. The first-order chi connectivity index (χ1) is 15.6. The molecule has 158 valence electrons. The third kappa shape index (κ3) is 3.26. The van der Waals surface area contributed by atoms with Gasteiger partial charge in [-0.25, -0.2) is 9.97 Å². The standard InChI is InChI=1S/C26H24N6/c1-5-8-16(3)19(6-2)18-11-12-21-20(13-18)24(31-30-21)26-28-22-9-7-10-23(25(22)29-26)32-14-17(4)27-15-32/h5-15H,1H2,2-4H3,(H,28,29)(H,30,31)/b16-8-,19-6+. The minimum absolute atomic E-state index is 0.730. The van der Waals surface area contributed by atoms with Gasteiger partial charge in [-0.1, -0.05) is 36.9 Å². The van der Waals surface area contributed by atoms with Crippen LogP contribution in [-0.2, 0) is 0 Å². The SMILES string of the molecule is C=C/C=C(C)\C(=C/C)c1ccc2[nH]nc(-c3nc4c(-n5cnc(C)c5)cccc4[nH]3)c2c1. The molecule has 0 unspecified atom stereocenters. The molecule has 3 heterocycles. The van der Waals surface area contributed by atoms with Crippen molar-refractivity contribution in [3.8, 4) is 17.2 Å². The van der Waals surface area contributed by atoms with Crippen LogP contribution in [0, 0.1) is 6.92 Å². The maximum absolute atomic E-state index is 4.92. The van der Waals surface area contributed by atoms with Crippen LogP contribution in [0.4, 0.5) is 0 Å². The topological polar surface area (TPSA) is 75.2 Å². The van der Waals surface area contributed by atoms with Crippen LogP contribution in [0.25, 0.3) is 44.7 Å². The van der Waals surface area contributed by atoms with E-state index < -0.39 is 0 Å². The number of fused-ring (bicyclic) bond motifs is 2. The molecule has 0 saturated heterocycles. The summed E-state index contributed by atoms with van der Waals surface area (Å²) in [7, 11) is 0. The van der Waals surface area contributed by atoms with Crippen molar-refractivity contribution in [2.75, 3.05) is 0 Å². The predicted octanol–water partition coefficient (Wildman–Crippen LogP) is 6.14. The fraction of sp³-hybridized carbons (Fsp3) is 0.115. The number of para-hydroxylation sites is 1. The molecule has 6 nitrogen and oxygen atoms in total. The molecule has 0 radical (unpaired) electrons. The molecule has 3 aromatic heterocycles. The second-order valence-corrected chi connectivity index (χ2v) is 7.80. The molecule has 0 bridgehead atoms. The van der Waals surface area contributed by atoms with E-state index in [4.69, 9.17) is 4.98 Å². The summed E-state index contributed by atoms with van der Waals surface area (Å²) < 4.78 is 2.00. The number of H-pyrrole nitrogens is 2. The van der Waals surface area contributed by atoms with E-state index in [-0.39, 0.29) is 0 Å². The van der Waals surface area contributed by atoms with Crippen LogP contribution in [-0.4, -0.2) is 29.7 Å². The zero-order valence-electron chi connectivity index (χ0n) is 18.3. The highest BCUT2D eigenvalue weighted by molar-refractivity contribution is 5.97. The molecule has 5 rings (SSSR count). The lowest BCUT2D eigenvalue weighted by molar-refractivity contribution is 1.06. The molecule has 0 aliphatic carbocycles. The van der Waals surface area contributed by atoms with Crippen LogP contribution in [0.3, 0.4) is 0 Å². The lowest BCUT2D eigenvalue weighted by Gasteiger charge is -2.08. The number of nitrogens with one attached hydrogen (secondary N) is 2. The average Bonchev–Trinajstić information content (AvgIpc) is 3.51. The summed E-state index contributed by atoms with van der Waals surface area (Å²) in [4.78, 5) is 12.7. The molecular weight excluding hydrogens is 396 g/mol. The van der Waals surface area contributed by atoms with E-state index in [2.05, 4.69) is 64.9 Å². The molecule has 0 fully saturated rings. The highest BCUT2D eigenvalue weighted by Gasteiger charge is 2.16. The van der Waals surface area contributed by atoms with E-state index >= 15 is 0 Å². The van der Waals surface area contributed by atoms with Crippen LogP contribution in [0.1, 0.15) is 25.1 Å². The Kier molecular flexibility index (Phi) is 4.82. The number of aryl methyl sites for hydroxylation is 1. The van der Waals surface area contributed by atoms with Gasteiger partial charge in [0.2, 0.25) is 0 Å². The van der Waals surface area contributed by atoms with Gasteiger partial charge in [-0.2, -0.15) is 5.10 Å². The molecule has 2 N–H and O–H groups in total. The number of rotatable bonds is 5. The zero-order chi connectivity index (χ0) is 22.2. The van der Waals surface area contributed by atoms with Crippen LogP contribution in [0.15, 0.2) is 79.3 Å². The first kappa shape index (κ1) is 19.8. The van der Waals surface area contributed by atoms with Gasteiger partial charge in [0.25, 0.3) is 0 Å². The van der Waals surface area contributed by atoms with Crippen molar-refractivity contribution in [3.63, 3.8) is 0 Å². The van der Waals surface area contributed by atoms with E-state index in [0.717, 1.165) is 56.0 Å². The lowest BCUT2D eigenvalue weighted by atomic mass is 9.97. The number of hydrogen-bond donors (Lipinski definition) is 2. The van der Waals surface area contributed by atoms with Crippen LogP contribution in [0.5, 0.6) is 0 Å². The second kappa shape index (κ2) is 7.81. The van der Waals surface area contributed by atoms with Crippen molar-refractivity contribution in [3.05, 3.63) is 90.6 Å².